The van der Waals surface area contributed by atoms with Crippen LogP contribution in [0.1, 0.15) is 65.2 Å². The van der Waals surface area contributed by atoms with Crippen molar-refractivity contribution in [2.75, 3.05) is 13.2 Å². The first kappa shape index (κ1) is 20.1. The second kappa shape index (κ2) is 12.2. The molecule has 2 aromatic heterocycles. The molecule has 2 rings (SSSR count). The number of ether oxygens (including phenoxy) is 2. The van der Waals surface area contributed by atoms with Gasteiger partial charge in [-0.05, 0) is 18.9 Å². The van der Waals surface area contributed by atoms with Gasteiger partial charge in [-0.1, -0.05) is 52.4 Å². The molecule has 0 spiro atoms. The van der Waals surface area contributed by atoms with Crippen molar-refractivity contribution in [3.63, 3.8) is 0 Å². The van der Waals surface area contributed by atoms with Gasteiger partial charge in [-0.15, -0.1) is 0 Å². The lowest BCUT2D eigenvalue weighted by atomic mass is 10.2. The summed E-state index contributed by atoms with van der Waals surface area (Å²) >= 11 is 0. The van der Waals surface area contributed by atoms with Crippen LogP contribution in [0.2, 0.25) is 0 Å². The second-order valence-corrected chi connectivity index (χ2v) is 6.45. The van der Waals surface area contributed by atoms with Crippen LogP contribution in [0.5, 0.6) is 11.6 Å². The van der Waals surface area contributed by atoms with Gasteiger partial charge in [0.25, 0.3) is 0 Å². The van der Waals surface area contributed by atoms with Gasteiger partial charge in [-0.2, -0.15) is 0 Å². The maximum atomic E-state index is 5.67. The Morgan fingerprint density at radius 2 is 1.35 bits per heavy atom. The minimum atomic E-state index is 0.644. The van der Waals surface area contributed by atoms with Gasteiger partial charge in [0.05, 0.1) is 25.6 Å². The third kappa shape index (κ3) is 7.38. The summed E-state index contributed by atoms with van der Waals surface area (Å²) in [5.74, 6) is 2.01. The van der Waals surface area contributed by atoms with Gasteiger partial charge in [-0.3, -0.25) is 0 Å². The summed E-state index contributed by atoms with van der Waals surface area (Å²) in [5.41, 5.74) is 0.873. The van der Waals surface area contributed by atoms with Crippen LogP contribution in [-0.4, -0.2) is 28.2 Å². The molecule has 0 unspecified atom stereocenters. The molecule has 0 aliphatic heterocycles. The van der Waals surface area contributed by atoms with E-state index < -0.39 is 0 Å². The molecule has 5 heteroatoms. The van der Waals surface area contributed by atoms with E-state index in [1.807, 2.05) is 12.1 Å². The summed E-state index contributed by atoms with van der Waals surface area (Å²) < 4.78 is 11.3. The molecule has 0 N–H and O–H groups in total. The van der Waals surface area contributed by atoms with E-state index in [2.05, 4.69) is 28.8 Å². The zero-order chi connectivity index (χ0) is 18.5. The molecule has 0 radical (unpaired) electrons. The largest absolute Gasteiger partial charge is 0.490 e. The third-order valence-corrected chi connectivity index (χ3v) is 4.14. The lowest BCUT2D eigenvalue weighted by Crippen LogP contribution is -2.00. The molecule has 0 bridgehead atoms. The monoisotopic (exact) mass is 357 g/mol. The van der Waals surface area contributed by atoms with Gasteiger partial charge in [0.15, 0.2) is 11.6 Å². The zero-order valence-corrected chi connectivity index (χ0v) is 16.1. The standard InChI is InChI=1S/C21H31N3O2/c1-3-5-7-9-13-25-19-16-23-21(24-17-19)18-11-12-20(22-15-18)26-14-10-8-6-4-2/h11-12,15-17H,3-10,13-14H2,1-2H3. The molecule has 0 aliphatic rings. The van der Waals surface area contributed by atoms with Crippen molar-refractivity contribution in [3.05, 3.63) is 30.7 Å². The maximum Gasteiger partial charge on any atom is 0.213 e. The Balaban J connectivity index is 1.77. The number of hydrogen-bond acceptors (Lipinski definition) is 5. The SMILES string of the molecule is CCCCCCOc1cnc(-c2ccc(OCCCCCC)nc2)nc1. The average Bonchev–Trinajstić information content (AvgIpc) is 2.69. The highest BCUT2D eigenvalue weighted by Gasteiger charge is 2.04. The molecule has 0 aromatic carbocycles. The van der Waals surface area contributed by atoms with E-state index in [1.165, 1.54) is 38.5 Å². The van der Waals surface area contributed by atoms with Gasteiger partial charge in [0.1, 0.15) is 0 Å². The van der Waals surface area contributed by atoms with E-state index in [-0.39, 0.29) is 0 Å². The third-order valence-electron chi connectivity index (χ3n) is 4.14. The summed E-state index contributed by atoms with van der Waals surface area (Å²) in [6.45, 7) is 5.84. The second-order valence-electron chi connectivity index (χ2n) is 6.45. The summed E-state index contributed by atoms with van der Waals surface area (Å²) in [6, 6.07) is 3.81. The predicted molar refractivity (Wildman–Crippen MR) is 105 cm³/mol. The molecule has 2 aromatic rings. The predicted octanol–water partition coefficient (Wildman–Crippen LogP) is 5.46. The Bertz CT molecular complexity index is 544. The number of pyridine rings is 1. The number of aromatic nitrogens is 3. The van der Waals surface area contributed by atoms with Crippen LogP contribution in [0.15, 0.2) is 30.7 Å². The molecule has 0 fully saturated rings. The molecule has 0 saturated carbocycles. The lowest BCUT2D eigenvalue weighted by molar-refractivity contribution is 0.294. The fourth-order valence-corrected chi connectivity index (χ4v) is 2.56. The van der Waals surface area contributed by atoms with Crippen molar-refractivity contribution in [2.24, 2.45) is 0 Å². The number of unbranched alkanes of at least 4 members (excludes halogenated alkanes) is 6. The summed E-state index contributed by atoms with van der Waals surface area (Å²) in [7, 11) is 0. The quantitative estimate of drug-likeness (QED) is 0.446. The van der Waals surface area contributed by atoms with Crippen molar-refractivity contribution in [1.29, 1.82) is 0 Å². The van der Waals surface area contributed by atoms with Crippen LogP contribution in [0.3, 0.4) is 0 Å². The average molecular weight is 357 g/mol. The minimum absolute atomic E-state index is 0.644. The maximum absolute atomic E-state index is 5.67. The van der Waals surface area contributed by atoms with E-state index >= 15 is 0 Å². The van der Waals surface area contributed by atoms with Crippen LogP contribution in [-0.2, 0) is 0 Å². The fourth-order valence-electron chi connectivity index (χ4n) is 2.56. The number of rotatable bonds is 13. The number of nitrogens with zero attached hydrogens (tertiary/aromatic N) is 3. The van der Waals surface area contributed by atoms with Gasteiger partial charge in [-0.25, -0.2) is 15.0 Å². The molecular weight excluding hydrogens is 326 g/mol. The van der Waals surface area contributed by atoms with Crippen molar-refractivity contribution in [1.82, 2.24) is 15.0 Å². The van der Waals surface area contributed by atoms with Crippen LogP contribution >= 0.6 is 0 Å². The van der Waals surface area contributed by atoms with Crippen molar-refractivity contribution in [2.45, 2.75) is 65.2 Å². The molecule has 0 saturated heterocycles. The molecule has 5 nitrogen and oxygen atoms in total. The summed E-state index contributed by atoms with van der Waals surface area (Å²) in [5, 5.41) is 0. The Morgan fingerprint density at radius 1 is 0.692 bits per heavy atom. The van der Waals surface area contributed by atoms with Crippen molar-refractivity contribution >= 4 is 0 Å². The normalized spacial score (nSPS) is 10.7. The Labute approximate surface area is 157 Å². The van der Waals surface area contributed by atoms with Crippen molar-refractivity contribution < 1.29 is 9.47 Å². The smallest absolute Gasteiger partial charge is 0.213 e. The van der Waals surface area contributed by atoms with Gasteiger partial charge in [0.2, 0.25) is 5.88 Å². The van der Waals surface area contributed by atoms with E-state index in [0.29, 0.717) is 30.7 Å². The van der Waals surface area contributed by atoms with Crippen LogP contribution in [0.25, 0.3) is 11.4 Å². The van der Waals surface area contributed by atoms with Crippen molar-refractivity contribution in [3.8, 4) is 23.0 Å². The minimum Gasteiger partial charge on any atom is -0.490 e. The Morgan fingerprint density at radius 3 is 1.92 bits per heavy atom. The van der Waals surface area contributed by atoms with E-state index in [4.69, 9.17) is 9.47 Å². The molecule has 0 aliphatic carbocycles. The molecule has 0 amide bonds. The highest BCUT2D eigenvalue weighted by molar-refractivity contribution is 5.53. The molecule has 2 heterocycles. The van der Waals surface area contributed by atoms with Crippen LogP contribution < -0.4 is 9.47 Å². The molecular formula is C21H31N3O2. The van der Waals surface area contributed by atoms with E-state index in [1.54, 1.807) is 18.6 Å². The number of hydrogen-bond donors (Lipinski definition) is 0. The van der Waals surface area contributed by atoms with Crippen LogP contribution in [0, 0.1) is 0 Å². The zero-order valence-electron chi connectivity index (χ0n) is 16.1. The Hall–Kier alpha value is -2.17. The topological polar surface area (TPSA) is 57.1 Å². The first-order valence-corrected chi connectivity index (χ1v) is 9.87. The molecule has 0 atom stereocenters. The lowest BCUT2D eigenvalue weighted by Gasteiger charge is -2.07. The van der Waals surface area contributed by atoms with Gasteiger partial charge < -0.3 is 9.47 Å². The van der Waals surface area contributed by atoms with Gasteiger partial charge >= 0.3 is 0 Å². The van der Waals surface area contributed by atoms with E-state index in [9.17, 15) is 0 Å². The van der Waals surface area contributed by atoms with Crippen LogP contribution in [0.4, 0.5) is 0 Å². The first-order valence-electron chi connectivity index (χ1n) is 9.87. The summed E-state index contributed by atoms with van der Waals surface area (Å²) in [4.78, 5) is 13.1. The fraction of sp³-hybridized carbons (Fsp3) is 0.571. The summed E-state index contributed by atoms with van der Waals surface area (Å²) in [6.07, 6.45) is 14.7. The molecule has 142 valence electrons. The highest BCUT2D eigenvalue weighted by atomic mass is 16.5. The molecule has 26 heavy (non-hydrogen) atoms. The van der Waals surface area contributed by atoms with Gasteiger partial charge in [0, 0.05) is 17.8 Å². The highest BCUT2D eigenvalue weighted by Crippen LogP contribution is 2.18. The Kier molecular flexibility index (Phi) is 9.47. The first-order chi connectivity index (χ1) is 12.8. The van der Waals surface area contributed by atoms with E-state index in [0.717, 1.165) is 18.4 Å².